The molecule has 0 aliphatic carbocycles. The molecule has 0 saturated carbocycles. The van der Waals surface area contributed by atoms with Crippen molar-refractivity contribution in [3.05, 3.63) is 49.7 Å². The summed E-state index contributed by atoms with van der Waals surface area (Å²) in [4.78, 5) is 10.6. The summed E-state index contributed by atoms with van der Waals surface area (Å²) in [5.41, 5.74) is 2.89. The lowest BCUT2D eigenvalue weighted by Crippen LogP contribution is -2.00. The average Bonchev–Trinajstić information content (AvgIpc) is 2.41. The zero-order chi connectivity index (χ0) is 15.7. The summed E-state index contributed by atoms with van der Waals surface area (Å²) < 4.78 is 5.68. The molecule has 0 N–H and O–H groups in total. The Balaban J connectivity index is 2.47. The normalized spacial score (nSPS) is 10.5. The van der Waals surface area contributed by atoms with E-state index in [2.05, 4.69) is 10.2 Å². The van der Waals surface area contributed by atoms with Crippen LogP contribution < -0.4 is 4.74 Å². The lowest BCUT2D eigenvalue weighted by atomic mass is 10.1. The molecule has 7 heteroatoms. The van der Waals surface area contributed by atoms with E-state index in [1.54, 1.807) is 13.0 Å². The molecule has 0 fully saturated rings. The number of halogens is 1. The van der Waals surface area contributed by atoms with Crippen molar-refractivity contribution in [2.24, 2.45) is 0 Å². The molecule has 1 heterocycles. The zero-order valence-corrected chi connectivity index (χ0v) is 12.9. The SMILES string of the molecule is Cc1cc(C)c([N+](=O)[O-])cc1Oc1nnc(Cl)c(C)c1C. The summed E-state index contributed by atoms with van der Waals surface area (Å²) in [5, 5.41) is 19.0. The highest BCUT2D eigenvalue weighted by Gasteiger charge is 2.17. The zero-order valence-electron chi connectivity index (χ0n) is 12.1. The molecule has 21 heavy (non-hydrogen) atoms. The van der Waals surface area contributed by atoms with E-state index >= 15 is 0 Å². The van der Waals surface area contributed by atoms with Gasteiger partial charge >= 0.3 is 0 Å². The van der Waals surface area contributed by atoms with Gasteiger partial charge in [-0.05, 0) is 44.9 Å². The molecule has 2 aromatic rings. The van der Waals surface area contributed by atoms with Gasteiger partial charge in [0.15, 0.2) is 5.15 Å². The molecular weight excluding hydrogens is 294 g/mol. The first-order valence-electron chi connectivity index (χ1n) is 6.24. The number of hydrogen-bond donors (Lipinski definition) is 0. The summed E-state index contributed by atoms with van der Waals surface area (Å²) in [7, 11) is 0. The van der Waals surface area contributed by atoms with Gasteiger partial charge in [-0.3, -0.25) is 10.1 Å². The Hall–Kier alpha value is -2.21. The van der Waals surface area contributed by atoms with Crippen molar-refractivity contribution in [1.29, 1.82) is 0 Å². The molecule has 0 unspecified atom stereocenters. The van der Waals surface area contributed by atoms with Crippen LogP contribution in [0.15, 0.2) is 12.1 Å². The second-order valence-electron chi connectivity index (χ2n) is 4.81. The molecule has 1 aromatic heterocycles. The number of aromatic nitrogens is 2. The Bertz CT molecular complexity index is 732. The molecule has 0 bridgehead atoms. The van der Waals surface area contributed by atoms with E-state index in [1.165, 1.54) is 6.07 Å². The topological polar surface area (TPSA) is 78.2 Å². The number of aryl methyl sites for hydroxylation is 2. The maximum absolute atomic E-state index is 11.0. The van der Waals surface area contributed by atoms with E-state index < -0.39 is 4.92 Å². The number of benzene rings is 1. The van der Waals surface area contributed by atoms with Crippen LogP contribution in [0.1, 0.15) is 22.3 Å². The van der Waals surface area contributed by atoms with Gasteiger partial charge in [-0.1, -0.05) is 11.6 Å². The highest BCUT2D eigenvalue weighted by Crippen LogP contribution is 2.33. The summed E-state index contributed by atoms with van der Waals surface area (Å²) >= 11 is 5.89. The van der Waals surface area contributed by atoms with E-state index in [4.69, 9.17) is 16.3 Å². The number of nitrogens with zero attached hydrogens (tertiary/aromatic N) is 3. The van der Waals surface area contributed by atoms with E-state index in [1.807, 2.05) is 20.8 Å². The molecule has 0 amide bonds. The van der Waals surface area contributed by atoms with Crippen LogP contribution in [0, 0.1) is 37.8 Å². The maximum Gasteiger partial charge on any atom is 0.276 e. The van der Waals surface area contributed by atoms with Crippen molar-refractivity contribution in [3.8, 4) is 11.6 Å². The first-order valence-corrected chi connectivity index (χ1v) is 6.62. The second kappa shape index (κ2) is 5.65. The number of hydrogen-bond acceptors (Lipinski definition) is 5. The number of ether oxygens (including phenoxy) is 1. The highest BCUT2D eigenvalue weighted by molar-refractivity contribution is 6.30. The van der Waals surface area contributed by atoms with Crippen LogP contribution in [0.3, 0.4) is 0 Å². The van der Waals surface area contributed by atoms with Crippen molar-refractivity contribution in [2.75, 3.05) is 0 Å². The standard InChI is InChI=1S/C14H14ClN3O3/c1-7-5-8(2)12(6-11(7)18(19)20)21-14-10(4)9(3)13(15)16-17-14/h5-6H,1-4H3. The van der Waals surface area contributed by atoms with Crippen molar-refractivity contribution >= 4 is 17.3 Å². The van der Waals surface area contributed by atoms with Crippen LogP contribution in [0.2, 0.25) is 5.15 Å². The van der Waals surface area contributed by atoms with Gasteiger partial charge in [-0.15, -0.1) is 10.2 Å². The Labute approximate surface area is 126 Å². The van der Waals surface area contributed by atoms with Gasteiger partial charge < -0.3 is 4.74 Å². The predicted octanol–water partition coefficient (Wildman–Crippen LogP) is 4.06. The quantitative estimate of drug-likeness (QED) is 0.631. The maximum atomic E-state index is 11.0. The Morgan fingerprint density at radius 1 is 1.10 bits per heavy atom. The summed E-state index contributed by atoms with van der Waals surface area (Å²) in [6.07, 6.45) is 0. The monoisotopic (exact) mass is 307 g/mol. The van der Waals surface area contributed by atoms with Crippen molar-refractivity contribution < 1.29 is 9.66 Å². The average molecular weight is 308 g/mol. The van der Waals surface area contributed by atoms with Gasteiger partial charge in [0.1, 0.15) is 5.75 Å². The molecule has 0 aliphatic heterocycles. The van der Waals surface area contributed by atoms with Gasteiger partial charge in [0, 0.05) is 11.1 Å². The molecule has 0 aliphatic rings. The van der Waals surface area contributed by atoms with Crippen LogP contribution in [0.4, 0.5) is 5.69 Å². The molecule has 6 nitrogen and oxygen atoms in total. The van der Waals surface area contributed by atoms with Crippen molar-refractivity contribution in [2.45, 2.75) is 27.7 Å². The van der Waals surface area contributed by atoms with Crippen molar-refractivity contribution in [3.63, 3.8) is 0 Å². The number of nitro benzene ring substituents is 1. The Kier molecular flexibility index (Phi) is 4.09. The fourth-order valence-corrected chi connectivity index (χ4v) is 2.06. The minimum atomic E-state index is -0.437. The summed E-state index contributed by atoms with van der Waals surface area (Å²) in [6, 6.07) is 3.11. The van der Waals surface area contributed by atoms with Gasteiger partial charge in [0.25, 0.3) is 5.69 Å². The third-order valence-corrected chi connectivity index (χ3v) is 3.68. The fourth-order valence-electron chi connectivity index (χ4n) is 1.88. The minimum Gasteiger partial charge on any atom is -0.437 e. The fraction of sp³-hybridized carbons (Fsp3) is 0.286. The van der Waals surface area contributed by atoms with Gasteiger partial charge in [0.05, 0.1) is 11.0 Å². The lowest BCUT2D eigenvalue weighted by Gasteiger charge is -2.12. The molecule has 110 valence electrons. The molecule has 0 spiro atoms. The van der Waals surface area contributed by atoms with Crippen LogP contribution >= 0.6 is 11.6 Å². The molecule has 2 rings (SSSR count). The largest absolute Gasteiger partial charge is 0.437 e. The summed E-state index contributed by atoms with van der Waals surface area (Å²) in [5.74, 6) is 0.671. The van der Waals surface area contributed by atoms with Gasteiger partial charge in [0.2, 0.25) is 5.88 Å². The molecule has 0 radical (unpaired) electrons. The van der Waals surface area contributed by atoms with E-state index in [9.17, 15) is 10.1 Å². The first-order chi connectivity index (χ1) is 9.81. The Morgan fingerprint density at radius 3 is 2.38 bits per heavy atom. The first kappa shape index (κ1) is 15.2. The Morgan fingerprint density at radius 2 is 1.76 bits per heavy atom. The van der Waals surface area contributed by atoms with Gasteiger partial charge in [-0.2, -0.15) is 0 Å². The van der Waals surface area contributed by atoms with Crippen LogP contribution in [-0.4, -0.2) is 15.1 Å². The second-order valence-corrected chi connectivity index (χ2v) is 5.17. The van der Waals surface area contributed by atoms with E-state index in [0.717, 1.165) is 16.7 Å². The third kappa shape index (κ3) is 2.95. The van der Waals surface area contributed by atoms with Crippen LogP contribution in [0.25, 0.3) is 0 Å². The van der Waals surface area contributed by atoms with E-state index in [0.29, 0.717) is 16.5 Å². The number of rotatable bonds is 3. The third-order valence-electron chi connectivity index (χ3n) is 3.32. The molecule has 0 saturated heterocycles. The van der Waals surface area contributed by atoms with Crippen molar-refractivity contribution in [1.82, 2.24) is 10.2 Å². The number of nitro groups is 1. The molecular formula is C14H14ClN3O3. The van der Waals surface area contributed by atoms with Crippen LogP contribution in [0.5, 0.6) is 11.6 Å². The molecule has 0 atom stereocenters. The van der Waals surface area contributed by atoms with E-state index in [-0.39, 0.29) is 11.6 Å². The minimum absolute atomic E-state index is 0.00639. The smallest absolute Gasteiger partial charge is 0.276 e. The highest BCUT2D eigenvalue weighted by atomic mass is 35.5. The molecule has 1 aromatic carbocycles. The predicted molar refractivity (Wildman–Crippen MR) is 79.2 cm³/mol. The van der Waals surface area contributed by atoms with Gasteiger partial charge in [-0.25, -0.2) is 0 Å². The summed E-state index contributed by atoms with van der Waals surface area (Å²) in [6.45, 7) is 7.12. The van der Waals surface area contributed by atoms with Crippen LogP contribution in [-0.2, 0) is 0 Å². The lowest BCUT2D eigenvalue weighted by molar-refractivity contribution is -0.385.